The average Bonchev–Trinajstić information content (AvgIpc) is 2.46. The number of halogens is 1. The lowest BCUT2D eigenvalue weighted by molar-refractivity contribution is -0.385. The fraction of sp³-hybridized carbons (Fsp3) is 0.0909. The Labute approximate surface area is 128 Å². The van der Waals surface area contributed by atoms with Crippen LogP contribution in [0.1, 0.15) is 0 Å². The monoisotopic (exact) mass is 327 g/mol. The molecule has 1 heterocycles. The van der Waals surface area contributed by atoms with Gasteiger partial charge in [-0.25, -0.2) is 10.8 Å². The van der Waals surface area contributed by atoms with Crippen LogP contribution in [0.4, 0.5) is 11.5 Å². The molecule has 8 nitrogen and oxygen atoms in total. The number of anilines is 1. The van der Waals surface area contributed by atoms with Gasteiger partial charge in [0.15, 0.2) is 5.16 Å². The van der Waals surface area contributed by atoms with E-state index in [4.69, 9.17) is 22.2 Å². The number of hydrogen-bond donors (Lipinski definition) is 2. The third-order valence-corrected chi connectivity index (χ3v) is 3.13. The van der Waals surface area contributed by atoms with Crippen LogP contribution in [-0.4, -0.2) is 21.1 Å². The summed E-state index contributed by atoms with van der Waals surface area (Å²) in [6.45, 7) is 0. The summed E-state index contributed by atoms with van der Waals surface area (Å²) in [7, 11) is 0. The van der Waals surface area contributed by atoms with Crippen LogP contribution in [0.15, 0.2) is 29.4 Å². The third kappa shape index (κ3) is 3.72. The molecule has 110 valence electrons. The van der Waals surface area contributed by atoms with Crippen molar-refractivity contribution in [2.24, 2.45) is 5.84 Å². The second kappa shape index (κ2) is 6.57. The first-order chi connectivity index (χ1) is 10.0. The fourth-order valence-electron chi connectivity index (χ4n) is 1.45. The highest BCUT2D eigenvalue weighted by molar-refractivity contribution is 7.98. The fourth-order valence-corrected chi connectivity index (χ4v) is 1.99. The van der Waals surface area contributed by atoms with Gasteiger partial charge in [-0.15, -0.1) is 0 Å². The maximum absolute atomic E-state index is 11.0. The summed E-state index contributed by atoms with van der Waals surface area (Å²) < 4.78 is 5.45. The van der Waals surface area contributed by atoms with Crippen molar-refractivity contribution < 1.29 is 9.66 Å². The number of nitrogens with zero attached hydrogens (tertiary/aromatic N) is 3. The predicted molar refractivity (Wildman–Crippen MR) is 79.8 cm³/mol. The minimum absolute atomic E-state index is 0.0128. The summed E-state index contributed by atoms with van der Waals surface area (Å²) in [6.07, 6.45) is 1.78. The lowest BCUT2D eigenvalue weighted by Gasteiger charge is -2.08. The molecule has 21 heavy (non-hydrogen) atoms. The van der Waals surface area contributed by atoms with E-state index in [2.05, 4.69) is 15.4 Å². The van der Waals surface area contributed by atoms with Crippen molar-refractivity contribution in [2.45, 2.75) is 5.16 Å². The first-order valence-electron chi connectivity index (χ1n) is 5.55. The lowest BCUT2D eigenvalue weighted by Crippen LogP contribution is -2.09. The van der Waals surface area contributed by atoms with Gasteiger partial charge in [0.25, 0.3) is 0 Å². The van der Waals surface area contributed by atoms with Crippen LogP contribution in [0.5, 0.6) is 11.6 Å². The second-order valence-corrected chi connectivity index (χ2v) is 4.90. The van der Waals surface area contributed by atoms with Crippen molar-refractivity contribution in [2.75, 3.05) is 11.7 Å². The number of nitro benzene ring substituents is 1. The van der Waals surface area contributed by atoms with Gasteiger partial charge < -0.3 is 10.2 Å². The van der Waals surface area contributed by atoms with Crippen molar-refractivity contribution in [3.63, 3.8) is 0 Å². The number of ether oxygens (including phenoxy) is 1. The largest absolute Gasteiger partial charge is 0.432 e. The summed E-state index contributed by atoms with van der Waals surface area (Å²) in [5, 5.41) is 11.7. The second-order valence-electron chi connectivity index (χ2n) is 3.69. The zero-order valence-corrected chi connectivity index (χ0v) is 12.3. The zero-order chi connectivity index (χ0) is 15.4. The van der Waals surface area contributed by atoms with E-state index >= 15 is 0 Å². The Hall–Kier alpha value is -2.10. The summed E-state index contributed by atoms with van der Waals surface area (Å²) in [5.41, 5.74) is 2.16. The predicted octanol–water partition coefficient (Wildman–Crippen LogP) is 2.84. The third-order valence-electron chi connectivity index (χ3n) is 2.35. The molecule has 2 aromatic rings. The van der Waals surface area contributed by atoms with Gasteiger partial charge in [-0.2, -0.15) is 4.98 Å². The Morgan fingerprint density at radius 2 is 2.19 bits per heavy atom. The molecule has 0 aliphatic carbocycles. The molecule has 0 saturated heterocycles. The first kappa shape index (κ1) is 15.3. The summed E-state index contributed by atoms with van der Waals surface area (Å²) in [6, 6.07) is 5.43. The van der Waals surface area contributed by atoms with E-state index in [0.717, 1.165) is 0 Å². The van der Waals surface area contributed by atoms with Crippen molar-refractivity contribution in [3.8, 4) is 11.6 Å². The maximum Gasteiger partial charge on any atom is 0.311 e. The molecular weight excluding hydrogens is 318 g/mol. The Balaban J connectivity index is 2.42. The smallest absolute Gasteiger partial charge is 0.311 e. The molecule has 0 saturated carbocycles. The molecule has 0 spiro atoms. The quantitative estimate of drug-likeness (QED) is 0.283. The number of nitrogens with two attached hydrogens (primary N) is 1. The van der Waals surface area contributed by atoms with Gasteiger partial charge in [-0.3, -0.25) is 10.1 Å². The van der Waals surface area contributed by atoms with Crippen molar-refractivity contribution in [1.82, 2.24) is 9.97 Å². The molecule has 0 bridgehead atoms. The average molecular weight is 328 g/mol. The number of benzene rings is 1. The van der Waals surface area contributed by atoms with E-state index in [1.54, 1.807) is 6.26 Å². The minimum atomic E-state index is -0.565. The van der Waals surface area contributed by atoms with Gasteiger partial charge in [0.05, 0.1) is 4.92 Å². The summed E-state index contributed by atoms with van der Waals surface area (Å²) in [5.74, 6) is 5.74. The van der Waals surface area contributed by atoms with E-state index < -0.39 is 4.92 Å². The van der Waals surface area contributed by atoms with E-state index in [1.165, 1.54) is 36.0 Å². The molecule has 2 rings (SSSR count). The molecule has 0 radical (unpaired) electrons. The Morgan fingerprint density at radius 1 is 1.43 bits per heavy atom. The molecule has 0 atom stereocenters. The van der Waals surface area contributed by atoms with Gasteiger partial charge in [0.2, 0.25) is 11.6 Å². The highest BCUT2D eigenvalue weighted by Gasteiger charge is 2.17. The summed E-state index contributed by atoms with van der Waals surface area (Å²) in [4.78, 5) is 18.6. The first-order valence-corrected chi connectivity index (χ1v) is 7.15. The molecule has 10 heteroatoms. The normalized spacial score (nSPS) is 10.2. The number of nitro groups is 1. The minimum Gasteiger partial charge on any atom is -0.432 e. The Bertz CT molecular complexity index is 663. The topological polar surface area (TPSA) is 116 Å². The van der Waals surface area contributed by atoms with E-state index in [9.17, 15) is 10.1 Å². The highest BCUT2D eigenvalue weighted by Crippen LogP contribution is 2.33. The molecule has 0 aliphatic heterocycles. The Morgan fingerprint density at radius 3 is 2.81 bits per heavy atom. The van der Waals surface area contributed by atoms with Crippen LogP contribution in [0.3, 0.4) is 0 Å². The lowest BCUT2D eigenvalue weighted by atomic mass is 10.3. The molecule has 0 fully saturated rings. The van der Waals surface area contributed by atoms with E-state index in [1.807, 2.05) is 0 Å². The van der Waals surface area contributed by atoms with Crippen LogP contribution in [-0.2, 0) is 0 Å². The van der Waals surface area contributed by atoms with Gasteiger partial charge in [-0.1, -0.05) is 23.4 Å². The number of nitrogen functional groups attached to an aromatic ring is 1. The number of hydrazine groups is 1. The van der Waals surface area contributed by atoms with Crippen molar-refractivity contribution in [3.05, 3.63) is 39.4 Å². The maximum atomic E-state index is 11.0. The van der Waals surface area contributed by atoms with Crippen LogP contribution in [0.2, 0.25) is 5.02 Å². The number of nitrogens with one attached hydrogen (secondary N) is 1. The Kier molecular flexibility index (Phi) is 4.78. The van der Waals surface area contributed by atoms with E-state index in [0.29, 0.717) is 16.0 Å². The molecule has 0 amide bonds. The number of thioether (sulfide) groups is 1. The molecule has 0 aliphatic rings. The number of hydrogen-bond acceptors (Lipinski definition) is 8. The SMILES string of the molecule is CSc1nc(NN)cc(Oc2cc(Cl)ccc2[N+](=O)[O-])n1. The van der Waals surface area contributed by atoms with E-state index in [-0.39, 0.29) is 17.3 Å². The van der Waals surface area contributed by atoms with Gasteiger partial charge in [0.1, 0.15) is 5.82 Å². The van der Waals surface area contributed by atoms with Gasteiger partial charge in [-0.05, 0) is 12.3 Å². The van der Waals surface area contributed by atoms with Crippen molar-refractivity contribution in [1.29, 1.82) is 0 Å². The number of rotatable bonds is 5. The van der Waals surface area contributed by atoms with Gasteiger partial charge >= 0.3 is 5.69 Å². The number of aromatic nitrogens is 2. The zero-order valence-electron chi connectivity index (χ0n) is 10.7. The van der Waals surface area contributed by atoms with Crippen LogP contribution >= 0.6 is 23.4 Å². The molecule has 0 unspecified atom stereocenters. The van der Waals surface area contributed by atoms with Crippen LogP contribution in [0, 0.1) is 10.1 Å². The summed E-state index contributed by atoms with van der Waals surface area (Å²) >= 11 is 7.11. The molecule has 1 aromatic heterocycles. The standard InChI is InChI=1S/C11H10ClN5O3S/c1-21-11-14-9(16-13)5-10(15-11)20-8-4-6(12)2-3-7(8)17(18)19/h2-5H,13H2,1H3,(H,14,15,16). The van der Waals surface area contributed by atoms with Crippen molar-refractivity contribution >= 4 is 34.9 Å². The highest BCUT2D eigenvalue weighted by atomic mass is 35.5. The molecule has 1 aromatic carbocycles. The molecule has 3 N–H and O–H groups in total. The molecular formula is C11H10ClN5O3S. The van der Waals surface area contributed by atoms with Gasteiger partial charge in [0, 0.05) is 23.2 Å². The van der Waals surface area contributed by atoms with Crippen LogP contribution < -0.4 is 16.0 Å². The van der Waals surface area contributed by atoms with Crippen LogP contribution in [0.25, 0.3) is 0 Å².